The van der Waals surface area contributed by atoms with E-state index in [1.165, 1.54) is 11.3 Å². The fourth-order valence-corrected chi connectivity index (χ4v) is 4.27. The molecule has 4 unspecified atom stereocenters. The van der Waals surface area contributed by atoms with E-state index in [9.17, 15) is 19.5 Å². The first-order valence-electron chi connectivity index (χ1n) is 7.49. The number of allylic oxidation sites excluding steroid dienone is 2. The van der Waals surface area contributed by atoms with Crippen molar-refractivity contribution >= 4 is 34.2 Å². The molecule has 1 saturated carbocycles. The summed E-state index contributed by atoms with van der Waals surface area (Å²) in [6.45, 7) is 1.96. The van der Waals surface area contributed by atoms with E-state index in [1.54, 1.807) is 18.4 Å². The predicted octanol–water partition coefficient (Wildman–Crippen LogP) is 2.39. The smallest absolute Gasteiger partial charge is 0.341 e. The fourth-order valence-electron chi connectivity index (χ4n) is 3.49. The summed E-state index contributed by atoms with van der Waals surface area (Å²) < 4.78 is 4.95. The largest absolute Gasteiger partial charge is 0.481 e. The average Bonchev–Trinajstić information content (AvgIpc) is 3.21. The van der Waals surface area contributed by atoms with Gasteiger partial charge in [0.25, 0.3) is 0 Å². The lowest BCUT2D eigenvalue weighted by atomic mass is 9.82. The number of amides is 1. The minimum atomic E-state index is -0.946. The summed E-state index contributed by atoms with van der Waals surface area (Å²) >= 11 is 1.22. The highest BCUT2D eigenvalue weighted by Gasteiger charge is 2.51. The van der Waals surface area contributed by atoms with Gasteiger partial charge in [-0.1, -0.05) is 12.2 Å². The van der Waals surface area contributed by atoms with Crippen molar-refractivity contribution in [2.24, 2.45) is 23.7 Å². The molecule has 0 saturated heterocycles. The van der Waals surface area contributed by atoms with Crippen LogP contribution in [0.5, 0.6) is 0 Å². The second kappa shape index (κ2) is 6.16. The topological polar surface area (TPSA) is 92.7 Å². The Bertz CT molecular complexity index is 680. The van der Waals surface area contributed by atoms with Crippen LogP contribution in [0.4, 0.5) is 5.00 Å². The summed E-state index contributed by atoms with van der Waals surface area (Å²) in [4.78, 5) is 35.9. The molecule has 23 heavy (non-hydrogen) atoms. The maximum Gasteiger partial charge on any atom is 0.341 e. The van der Waals surface area contributed by atoms with Crippen LogP contribution in [0, 0.1) is 23.7 Å². The minimum absolute atomic E-state index is 0.0490. The Labute approximate surface area is 137 Å². The van der Waals surface area contributed by atoms with Crippen molar-refractivity contribution in [2.75, 3.05) is 11.9 Å². The van der Waals surface area contributed by atoms with E-state index in [1.807, 2.05) is 12.2 Å². The van der Waals surface area contributed by atoms with Crippen molar-refractivity contribution in [3.8, 4) is 0 Å². The van der Waals surface area contributed by atoms with Gasteiger partial charge in [-0.05, 0) is 36.6 Å². The van der Waals surface area contributed by atoms with Crippen molar-refractivity contribution in [1.82, 2.24) is 0 Å². The third-order valence-electron chi connectivity index (χ3n) is 4.44. The van der Waals surface area contributed by atoms with Gasteiger partial charge in [0.2, 0.25) is 5.91 Å². The number of rotatable bonds is 5. The number of carboxylic acids is 1. The molecule has 0 radical (unpaired) electrons. The standard InChI is InChI=1S/C16H17NO5S/c1-2-22-16(21)10-5-6-23-14(10)17-13(18)11-8-3-4-9(7-8)12(11)15(19)20/h3-6,8-9,11-12H,2,7H2,1H3,(H,17,18)(H,19,20). The highest BCUT2D eigenvalue weighted by atomic mass is 32.1. The van der Waals surface area contributed by atoms with Crippen LogP contribution in [-0.4, -0.2) is 29.6 Å². The van der Waals surface area contributed by atoms with E-state index in [4.69, 9.17) is 4.74 Å². The van der Waals surface area contributed by atoms with E-state index in [2.05, 4.69) is 5.32 Å². The highest BCUT2D eigenvalue weighted by molar-refractivity contribution is 7.14. The monoisotopic (exact) mass is 335 g/mol. The third-order valence-corrected chi connectivity index (χ3v) is 5.27. The van der Waals surface area contributed by atoms with Crippen molar-refractivity contribution in [3.63, 3.8) is 0 Å². The molecule has 0 aliphatic heterocycles. The number of ether oxygens (including phenoxy) is 1. The molecular formula is C16H17NO5S. The zero-order chi connectivity index (χ0) is 16.6. The molecule has 1 heterocycles. The van der Waals surface area contributed by atoms with Gasteiger partial charge in [-0.3, -0.25) is 9.59 Å². The summed E-state index contributed by atoms with van der Waals surface area (Å²) in [7, 11) is 0. The number of hydrogen-bond acceptors (Lipinski definition) is 5. The summed E-state index contributed by atoms with van der Waals surface area (Å²) in [6, 6.07) is 1.59. The van der Waals surface area contributed by atoms with Gasteiger partial charge in [-0.15, -0.1) is 11.3 Å². The van der Waals surface area contributed by atoms with Crippen LogP contribution in [0.1, 0.15) is 23.7 Å². The molecule has 1 aromatic rings. The summed E-state index contributed by atoms with van der Waals surface area (Å²) in [6.07, 6.45) is 4.52. The molecule has 122 valence electrons. The first-order valence-corrected chi connectivity index (χ1v) is 8.37. The van der Waals surface area contributed by atoms with Gasteiger partial charge in [-0.25, -0.2) is 4.79 Å². The lowest BCUT2D eigenvalue weighted by Gasteiger charge is -2.23. The number of carboxylic acid groups (broad SMARTS) is 1. The molecule has 7 heteroatoms. The Morgan fingerprint density at radius 3 is 2.65 bits per heavy atom. The molecule has 0 aromatic carbocycles. The molecule has 2 aliphatic rings. The third kappa shape index (κ3) is 2.76. The number of carbonyl (C=O) groups excluding carboxylic acids is 2. The number of nitrogens with one attached hydrogen (secondary N) is 1. The van der Waals surface area contributed by atoms with E-state index in [0.717, 1.165) is 0 Å². The molecule has 0 spiro atoms. The molecular weight excluding hydrogens is 318 g/mol. The van der Waals surface area contributed by atoms with Gasteiger partial charge in [0.1, 0.15) is 5.00 Å². The lowest BCUT2D eigenvalue weighted by Crippen LogP contribution is -2.36. The van der Waals surface area contributed by atoms with Crippen LogP contribution >= 0.6 is 11.3 Å². The number of anilines is 1. The molecule has 2 aliphatic carbocycles. The molecule has 4 atom stereocenters. The Balaban J connectivity index is 1.78. The molecule has 1 amide bonds. The molecule has 2 bridgehead atoms. The zero-order valence-corrected chi connectivity index (χ0v) is 13.3. The van der Waals surface area contributed by atoms with Crippen LogP contribution in [0.15, 0.2) is 23.6 Å². The summed E-state index contributed by atoms with van der Waals surface area (Å²) in [5, 5.41) is 14.2. The maximum atomic E-state index is 12.6. The van der Waals surface area contributed by atoms with Crippen molar-refractivity contribution in [2.45, 2.75) is 13.3 Å². The van der Waals surface area contributed by atoms with Crippen molar-refractivity contribution in [3.05, 3.63) is 29.2 Å². The van der Waals surface area contributed by atoms with E-state index >= 15 is 0 Å². The Morgan fingerprint density at radius 1 is 1.30 bits per heavy atom. The van der Waals surface area contributed by atoms with Crippen LogP contribution in [0.25, 0.3) is 0 Å². The van der Waals surface area contributed by atoms with E-state index in [-0.39, 0.29) is 24.3 Å². The van der Waals surface area contributed by atoms with Crippen LogP contribution in [0.3, 0.4) is 0 Å². The van der Waals surface area contributed by atoms with Gasteiger partial charge in [0.15, 0.2) is 0 Å². The van der Waals surface area contributed by atoms with E-state index < -0.39 is 23.8 Å². The zero-order valence-electron chi connectivity index (χ0n) is 12.5. The molecule has 1 aromatic heterocycles. The van der Waals surface area contributed by atoms with Crippen LogP contribution in [-0.2, 0) is 14.3 Å². The molecule has 6 nitrogen and oxygen atoms in total. The van der Waals surface area contributed by atoms with Gasteiger partial charge in [-0.2, -0.15) is 0 Å². The Hall–Kier alpha value is -2.15. The Morgan fingerprint density at radius 2 is 2.00 bits per heavy atom. The number of hydrogen-bond donors (Lipinski definition) is 2. The van der Waals surface area contributed by atoms with Gasteiger partial charge in [0, 0.05) is 0 Å². The lowest BCUT2D eigenvalue weighted by molar-refractivity contribution is -0.146. The number of esters is 1. The first kappa shape index (κ1) is 15.7. The van der Waals surface area contributed by atoms with Crippen molar-refractivity contribution < 1.29 is 24.2 Å². The summed E-state index contributed by atoms with van der Waals surface area (Å²) in [5.74, 6) is -3.21. The first-order chi connectivity index (χ1) is 11.0. The second-order valence-corrected chi connectivity index (χ2v) is 6.63. The van der Waals surface area contributed by atoms with Crippen molar-refractivity contribution in [1.29, 1.82) is 0 Å². The number of thiophene rings is 1. The SMILES string of the molecule is CCOC(=O)c1ccsc1NC(=O)C1C2C=CC(C2)C1C(=O)O. The number of fused-ring (bicyclic) bond motifs is 2. The quantitative estimate of drug-likeness (QED) is 0.636. The van der Waals surface area contributed by atoms with Crippen LogP contribution < -0.4 is 5.32 Å². The molecule has 1 fully saturated rings. The normalized spacial score (nSPS) is 27.9. The molecule has 2 N–H and O–H groups in total. The maximum absolute atomic E-state index is 12.6. The van der Waals surface area contributed by atoms with Gasteiger partial charge < -0.3 is 15.2 Å². The number of carbonyl (C=O) groups is 3. The summed E-state index contributed by atoms with van der Waals surface area (Å²) in [5.41, 5.74) is 0.302. The van der Waals surface area contributed by atoms with Gasteiger partial charge in [0.05, 0.1) is 24.0 Å². The highest BCUT2D eigenvalue weighted by Crippen LogP contribution is 2.48. The van der Waals surface area contributed by atoms with E-state index in [0.29, 0.717) is 17.0 Å². The molecule has 3 rings (SSSR count). The number of aliphatic carboxylic acids is 1. The average molecular weight is 335 g/mol. The fraction of sp³-hybridized carbons (Fsp3) is 0.438. The van der Waals surface area contributed by atoms with Gasteiger partial charge >= 0.3 is 11.9 Å². The van der Waals surface area contributed by atoms with Crippen LogP contribution in [0.2, 0.25) is 0 Å². The minimum Gasteiger partial charge on any atom is -0.481 e. The Kier molecular flexibility index (Phi) is 4.21. The second-order valence-electron chi connectivity index (χ2n) is 5.71. The predicted molar refractivity (Wildman–Crippen MR) is 84.3 cm³/mol.